The van der Waals surface area contributed by atoms with Crippen molar-refractivity contribution < 1.29 is 22.7 Å². The van der Waals surface area contributed by atoms with Crippen molar-refractivity contribution in [3.05, 3.63) is 53.6 Å². The number of hydrogen-bond donors (Lipinski definition) is 1. The highest BCUT2D eigenvalue weighted by atomic mass is 32.2. The van der Waals surface area contributed by atoms with E-state index in [0.717, 1.165) is 11.1 Å². The minimum absolute atomic E-state index is 0.138. The van der Waals surface area contributed by atoms with Gasteiger partial charge in [-0.2, -0.15) is 4.31 Å². The Morgan fingerprint density at radius 1 is 1.06 bits per heavy atom. The quantitative estimate of drug-likeness (QED) is 0.619. The van der Waals surface area contributed by atoms with Crippen LogP contribution in [-0.2, 0) is 21.4 Å². The molecule has 1 amide bonds. The summed E-state index contributed by atoms with van der Waals surface area (Å²) in [4.78, 5) is 13.1. The van der Waals surface area contributed by atoms with E-state index in [1.807, 2.05) is 39.0 Å². The van der Waals surface area contributed by atoms with Gasteiger partial charge < -0.3 is 14.8 Å². The van der Waals surface area contributed by atoms with Crippen LogP contribution in [0.2, 0.25) is 0 Å². The fraction of sp³-hybridized carbons (Fsp3) is 0.458. The minimum Gasteiger partial charge on any atom is -0.490 e. The first-order chi connectivity index (χ1) is 15.3. The molecule has 0 bridgehead atoms. The summed E-state index contributed by atoms with van der Waals surface area (Å²) in [6.07, 6.45) is 1.32. The molecule has 0 saturated carbocycles. The van der Waals surface area contributed by atoms with Crippen LogP contribution in [0.3, 0.4) is 0 Å². The first kappa shape index (κ1) is 24.1. The van der Waals surface area contributed by atoms with E-state index >= 15 is 0 Å². The lowest BCUT2D eigenvalue weighted by atomic mass is 9.98. The molecule has 1 heterocycles. The average Bonchev–Trinajstić information content (AvgIpc) is 2.79. The number of carbonyl (C=O) groups is 1. The minimum atomic E-state index is -3.61. The summed E-state index contributed by atoms with van der Waals surface area (Å²) in [5.74, 6) is 0.807. The van der Waals surface area contributed by atoms with Crippen LogP contribution >= 0.6 is 0 Å². The lowest BCUT2D eigenvalue weighted by Crippen LogP contribution is -2.45. The second-order valence-electron chi connectivity index (χ2n) is 7.88. The van der Waals surface area contributed by atoms with Crippen molar-refractivity contribution >= 4 is 15.9 Å². The molecule has 0 spiro atoms. The first-order valence-corrected chi connectivity index (χ1v) is 12.5. The van der Waals surface area contributed by atoms with E-state index in [9.17, 15) is 13.2 Å². The third-order valence-electron chi connectivity index (χ3n) is 5.49. The molecule has 0 aliphatic carbocycles. The van der Waals surface area contributed by atoms with Crippen molar-refractivity contribution in [3.8, 4) is 11.5 Å². The Labute approximate surface area is 190 Å². The SMILES string of the molecule is CCOc1ccc(CNC(=O)C2CCCN(S(=O)(=O)c3ccc(C)cc3)C2)cc1OCC. The van der Waals surface area contributed by atoms with Crippen molar-refractivity contribution in [1.29, 1.82) is 0 Å². The number of benzene rings is 2. The van der Waals surface area contributed by atoms with E-state index in [1.54, 1.807) is 24.3 Å². The van der Waals surface area contributed by atoms with Crippen LogP contribution in [0.5, 0.6) is 11.5 Å². The molecule has 1 N–H and O–H groups in total. The number of rotatable bonds is 9. The molecule has 7 nitrogen and oxygen atoms in total. The zero-order valence-corrected chi connectivity index (χ0v) is 19.8. The zero-order chi connectivity index (χ0) is 23.1. The van der Waals surface area contributed by atoms with Gasteiger partial charge >= 0.3 is 0 Å². The Hall–Kier alpha value is -2.58. The zero-order valence-electron chi connectivity index (χ0n) is 19.0. The Kier molecular flexibility index (Phi) is 8.15. The second-order valence-corrected chi connectivity index (χ2v) is 9.82. The highest BCUT2D eigenvalue weighted by Crippen LogP contribution is 2.29. The number of aryl methyl sites for hydroxylation is 1. The maximum Gasteiger partial charge on any atom is 0.243 e. The van der Waals surface area contributed by atoms with Crippen LogP contribution in [0, 0.1) is 12.8 Å². The molecular formula is C24H32N2O5S. The van der Waals surface area contributed by atoms with Gasteiger partial charge in [-0.25, -0.2) is 8.42 Å². The van der Waals surface area contributed by atoms with E-state index in [-0.39, 0.29) is 23.3 Å². The number of piperidine rings is 1. The highest BCUT2D eigenvalue weighted by molar-refractivity contribution is 7.89. The first-order valence-electron chi connectivity index (χ1n) is 11.1. The van der Waals surface area contributed by atoms with Crippen molar-refractivity contribution in [1.82, 2.24) is 9.62 Å². The van der Waals surface area contributed by atoms with Crippen LogP contribution < -0.4 is 14.8 Å². The standard InChI is InChI=1S/C24H32N2O5S/c1-4-30-22-13-10-19(15-23(22)31-5-2)16-25-24(27)20-7-6-14-26(17-20)32(28,29)21-11-8-18(3)9-12-21/h8-13,15,20H,4-7,14,16-17H2,1-3H3,(H,25,27). The number of amides is 1. The highest BCUT2D eigenvalue weighted by Gasteiger charge is 2.33. The predicted molar refractivity (Wildman–Crippen MR) is 123 cm³/mol. The van der Waals surface area contributed by atoms with Crippen molar-refractivity contribution in [2.75, 3.05) is 26.3 Å². The smallest absolute Gasteiger partial charge is 0.243 e. The molecule has 32 heavy (non-hydrogen) atoms. The van der Waals surface area contributed by atoms with Crippen molar-refractivity contribution in [2.45, 2.75) is 45.1 Å². The predicted octanol–water partition coefficient (Wildman–Crippen LogP) is 3.51. The molecule has 0 aromatic heterocycles. The second kappa shape index (κ2) is 10.8. The molecule has 0 radical (unpaired) electrons. The molecule has 2 aromatic carbocycles. The Balaban J connectivity index is 1.63. The molecule has 1 saturated heterocycles. The number of carbonyl (C=O) groups excluding carboxylic acids is 1. The summed E-state index contributed by atoms with van der Waals surface area (Å²) >= 11 is 0. The molecule has 2 aromatic rings. The molecule has 1 fully saturated rings. The molecule has 1 aliphatic rings. The third kappa shape index (κ3) is 5.81. The monoisotopic (exact) mass is 460 g/mol. The van der Waals surface area contributed by atoms with Gasteiger partial charge in [0.15, 0.2) is 11.5 Å². The van der Waals surface area contributed by atoms with Crippen LogP contribution in [0.1, 0.15) is 37.8 Å². The maximum atomic E-state index is 13.0. The van der Waals surface area contributed by atoms with Crippen LogP contribution in [-0.4, -0.2) is 44.9 Å². The average molecular weight is 461 g/mol. The van der Waals surface area contributed by atoms with Crippen LogP contribution in [0.4, 0.5) is 0 Å². The molecule has 1 atom stereocenters. The number of nitrogens with one attached hydrogen (secondary N) is 1. The fourth-order valence-corrected chi connectivity index (χ4v) is 5.30. The Morgan fingerprint density at radius 2 is 1.75 bits per heavy atom. The number of nitrogens with zero attached hydrogens (tertiary/aromatic N) is 1. The summed E-state index contributed by atoms with van der Waals surface area (Å²) in [5.41, 5.74) is 1.90. The number of hydrogen-bond acceptors (Lipinski definition) is 5. The lowest BCUT2D eigenvalue weighted by Gasteiger charge is -2.31. The topological polar surface area (TPSA) is 84.9 Å². The molecule has 8 heteroatoms. The molecule has 174 valence electrons. The van der Waals surface area contributed by atoms with Gasteiger partial charge in [-0.3, -0.25) is 4.79 Å². The van der Waals surface area contributed by atoms with E-state index < -0.39 is 10.0 Å². The van der Waals surface area contributed by atoms with Gasteiger partial charge in [-0.05, 0) is 63.4 Å². The largest absolute Gasteiger partial charge is 0.490 e. The lowest BCUT2D eigenvalue weighted by molar-refractivity contribution is -0.126. The van der Waals surface area contributed by atoms with Gasteiger partial charge in [-0.15, -0.1) is 0 Å². The molecule has 1 aliphatic heterocycles. The Bertz CT molecular complexity index is 1020. The number of sulfonamides is 1. The molecule has 1 unspecified atom stereocenters. The van der Waals surface area contributed by atoms with Gasteiger partial charge in [-0.1, -0.05) is 23.8 Å². The van der Waals surface area contributed by atoms with Crippen molar-refractivity contribution in [2.24, 2.45) is 5.92 Å². The normalized spacial score (nSPS) is 17.0. The van der Waals surface area contributed by atoms with Gasteiger partial charge in [0.05, 0.1) is 24.0 Å². The summed E-state index contributed by atoms with van der Waals surface area (Å²) < 4.78 is 38.6. The summed E-state index contributed by atoms with van der Waals surface area (Å²) in [6.45, 7) is 7.75. The third-order valence-corrected chi connectivity index (χ3v) is 7.37. The van der Waals surface area contributed by atoms with E-state index in [1.165, 1.54) is 4.31 Å². The maximum absolute atomic E-state index is 13.0. The van der Waals surface area contributed by atoms with Gasteiger partial charge in [0, 0.05) is 19.6 Å². The van der Waals surface area contributed by atoms with Gasteiger partial charge in [0.25, 0.3) is 0 Å². The molecular weight excluding hydrogens is 428 g/mol. The molecule has 3 rings (SSSR count). The fourth-order valence-electron chi connectivity index (χ4n) is 3.77. The van der Waals surface area contributed by atoms with Gasteiger partial charge in [0.2, 0.25) is 15.9 Å². The van der Waals surface area contributed by atoms with E-state index in [4.69, 9.17) is 9.47 Å². The number of ether oxygens (including phenoxy) is 2. The summed E-state index contributed by atoms with van der Waals surface area (Å²) in [7, 11) is -3.61. The van der Waals surface area contributed by atoms with Gasteiger partial charge in [0.1, 0.15) is 0 Å². The van der Waals surface area contributed by atoms with E-state index in [2.05, 4.69) is 5.32 Å². The van der Waals surface area contributed by atoms with Crippen molar-refractivity contribution in [3.63, 3.8) is 0 Å². The van der Waals surface area contributed by atoms with E-state index in [0.29, 0.717) is 50.6 Å². The Morgan fingerprint density at radius 3 is 2.44 bits per heavy atom. The summed E-state index contributed by atoms with van der Waals surface area (Å²) in [6, 6.07) is 12.4. The van der Waals surface area contributed by atoms with Crippen LogP contribution in [0.15, 0.2) is 47.4 Å². The van der Waals surface area contributed by atoms with Crippen LogP contribution in [0.25, 0.3) is 0 Å². The summed E-state index contributed by atoms with van der Waals surface area (Å²) in [5, 5.41) is 2.95.